The summed E-state index contributed by atoms with van der Waals surface area (Å²) in [6.45, 7) is 5.02. The van der Waals surface area contributed by atoms with Crippen molar-refractivity contribution in [2.75, 3.05) is 26.2 Å². The molecule has 2 fully saturated rings. The lowest BCUT2D eigenvalue weighted by Gasteiger charge is -2.32. The van der Waals surface area contributed by atoms with Gasteiger partial charge in [0.25, 0.3) is 6.02 Å². The van der Waals surface area contributed by atoms with E-state index in [0.29, 0.717) is 5.92 Å². The van der Waals surface area contributed by atoms with Gasteiger partial charge in [-0.05, 0) is 49.1 Å². The lowest BCUT2D eigenvalue weighted by Crippen LogP contribution is -2.41. The zero-order chi connectivity index (χ0) is 22.0. The summed E-state index contributed by atoms with van der Waals surface area (Å²) in [6, 6.07) is 17.5. The monoisotopic (exact) mass is 437 g/mol. The van der Waals surface area contributed by atoms with Gasteiger partial charge in [0.05, 0.1) is 6.54 Å². The Hall–Kier alpha value is -2.40. The van der Waals surface area contributed by atoms with Crippen LogP contribution < -0.4 is 5.32 Å². The van der Waals surface area contributed by atoms with Gasteiger partial charge in [0.2, 0.25) is 0 Å². The number of nitrogens with one attached hydrogen (secondary N) is 1. The van der Waals surface area contributed by atoms with E-state index in [1.165, 1.54) is 61.8 Å². The smallest absolute Gasteiger partial charge is 0.288 e. The molecule has 0 radical (unpaired) electrons. The highest BCUT2D eigenvalue weighted by Gasteiger charge is 2.32. The number of fused-ring (bicyclic) bond motifs is 1. The third kappa shape index (κ3) is 6.55. The average Bonchev–Trinajstić information content (AvgIpc) is 3.30. The summed E-state index contributed by atoms with van der Waals surface area (Å²) in [7, 11) is 0. The van der Waals surface area contributed by atoms with Crippen LogP contribution in [0.4, 0.5) is 4.39 Å². The molecular formula is C27H36FN3O. The Balaban J connectivity index is 0.000000182. The second-order valence-electron chi connectivity index (χ2n) is 9.04. The SMILES string of the molecule is C1CCC1.Fc1ccccc1.c1ccc2c(c1)CCN(C1=NCC(C3CCCNC3)O1)C2. The maximum Gasteiger partial charge on any atom is 0.288 e. The topological polar surface area (TPSA) is 36.9 Å². The van der Waals surface area contributed by atoms with Crippen molar-refractivity contribution < 1.29 is 9.13 Å². The van der Waals surface area contributed by atoms with Crippen LogP contribution in [0.2, 0.25) is 0 Å². The molecule has 3 heterocycles. The minimum Gasteiger partial charge on any atom is -0.460 e. The molecule has 4 aliphatic rings. The molecule has 0 aromatic heterocycles. The zero-order valence-electron chi connectivity index (χ0n) is 19.0. The number of hydrogen-bond donors (Lipinski definition) is 1. The van der Waals surface area contributed by atoms with Crippen LogP contribution in [-0.2, 0) is 17.7 Å². The molecule has 1 saturated carbocycles. The van der Waals surface area contributed by atoms with E-state index in [2.05, 4.69) is 39.5 Å². The predicted molar refractivity (Wildman–Crippen MR) is 128 cm³/mol. The first-order chi connectivity index (χ1) is 15.8. The molecule has 1 aliphatic carbocycles. The van der Waals surface area contributed by atoms with Crippen molar-refractivity contribution in [2.45, 2.75) is 57.6 Å². The number of aliphatic imine (C=N–C) groups is 1. The number of rotatable bonds is 1. The van der Waals surface area contributed by atoms with Gasteiger partial charge in [0, 0.05) is 25.6 Å². The van der Waals surface area contributed by atoms with Crippen molar-refractivity contribution in [3.63, 3.8) is 0 Å². The van der Waals surface area contributed by atoms with Gasteiger partial charge in [-0.15, -0.1) is 0 Å². The van der Waals surface area contributed by atoms with Gasteiger partial charge in [-0.3, -0.25) is 0 Å². The van der Waals surface area contributed by atoms with Crippen molar-refractivity contribution in [1.29, 1.82) is 0 Å². The summed E-state index contributed by atoms with van der Waals surface area (Å²) in [6.07, 6.45) is 9.90. The molecule has 32 heavy (non-hydrogen) atoms. The predicted octanol–water partition coefficient (Wildman–Crippen LogP) is 5.19. The molecular weight excluding hydrogens is 401 g/mol. The molecule has 172 valence electrons. The standard InChI is InChI=1S/C17H23N3O.C6H5F.C4H8/c1-2-5-15-12-20(9-7-13(15)4-1)17-19-11-16(21-17)14-6-3-8-18-10-14;7-6-4-2-1-3-5-6;1-2-4-3-1/h1-2,4-5,14,16,18H,3,6-12H2;1-5H;1-4H2. The van der Waals surface area contributed by atoms with Crippen LogP contribution >= 0.6 is 0 Å². The number of halogens is 1. The summed E-state index contributed by atoms with van der Waals surface area (Å²) in [5, 5.41) is 3.47. The second-order valence-corrected chi connectivity index (χ2v) is 9.04. The van der Waals surface area contributed by atoms with Crippen LogP contribution in [-0.4, -0.2) is 43.2 Å². The fourth-order valence-electron chi connectivity index (χ4n) is 4.32. The summed E-state index contributed by atoms with van der Waals surface area (Å²) in [5.74, 6) is 0.444. The number of hydrogen-bond acceptors (Lipinski definition) is 4. The van der Waals surface area contributed by atoms with Crippen molar-refractivity contribution in [3.8, 4) is 0 Å². The molecule has 0 amide bonds. The highest BCUT2D eigenvalue weighted by atomic mass is 19.1. The third-order valence-electron chi connectivity index (χ3n) is 6.66. The highest BCUT2D eigenvalue weighted by Crippen LogP contribution is 2.25. The average molecular weight is 438 g/mol. The Labute approximate surface area is 191 Å². The minimum atomic E-state index is -0.178. The molecule has 2 aromatic carbocycles. The van der Waals surface area contributed by atoms with Gasteiger partial charge in [-0.25, -0.2) is 9.38 Å². The van der Waals surface area contributed by atoms with Crippen molar-refractivity contribution in [3.05, 3.63) is 71.5 Å². The van der Waals surface area contributed by atoms with E-state index in [0.717, 1.165) is 45.2 Å². The van der Waals surface area contributed by atoms with Gasteiger partial charge in [-0.2, -0.15) is 0 Å². The Morgan fingerprint density at radius 2 is 1.62 bits per heavy atom. The molecule has 4 nitrogen and oxygen atoms in total. The Kier molecular flexibility index (Phi) is 8.55. The molecule has 0 spiro atoms. The van der Waals surface area contributed by atoms with Crippen LogP contribution in [0.1, 0.15) is 49.7 Å². The molecule has 2 atom stereocenters. The van der Waals surface area contributed by atoms with E-state index in [1.807, 2.05) is 0 Å². The molecule has 2 unspecified atom stereocenters. The molecule has 1 N–H and O–H groups in total. The zero-order valence-corrected chi connectivity index (χ0v) is 19.0. The first-order valence-electron chi connectivity index (χ1n) is 12.2. The maximum absolute atomic E-state index is 11.9. The van der Waals surface area contributed by atoms with Crippen molar-refractivity contribution in [2.24, 2.45) is 10.9 Å². The number of ether oxygens (including phenoxy) is 1. The Bertz CT molecular complexity index is 843. The normalized spacial score (nSPS) is 23.8. The van der Waals surface area contributed by atoms with Crippen LogP contribution in [0.3, 0.4) is 0 Å². The fraction of sp³-hybridized carbons (Fsp3) is 0.519. The van der Waals surface area contributed by atoms with E-state index in [-0.39, 0.29) is 11.9 Å². The first kappa shape index (κ1) is 22.8. The summed E-state index contributed by atoms with van der Waals surface area (Å²) < 4.78 is 18.1. The van der Waals surface area contributed by atoms with Crippen LogP contribution in [0.15, 0.2) is 59.6 Å². The summed E-state index contributed by atoms with van der Waals surface area (Å²) >= 11 is 0. The number of piperidine rings is 1. The van der Waals surface area contributed by atoms with E-state index in [4.69, 9.17) is 4.74 Å². The lowest BCUT2D eigenvalue weighted by atomic mass is 9.94. The van der Waals surface area contributed by atoms with Gasteiger partial charge in [-0.1, -0.05) is 68.1 Å². The summed E-state index contributed by atoms with van der Waals surface area (Å²) in [5.41, 5.74) is 2.89. The van der Waals surface area contributed by atoms with E-state index in [1.54, 1.807) is 18.2 Å². The molecule has 2 aromatic rings. The van der Waals surface area contributed by atoms with E-state index >= 15 is 0 Å². The lowest BCUT2D eigenvalue weighted by molar-refractivity contribution is 0.108. The molecule has 0 bridgehead atoms. The van der Waals surface area contributed by atoms with Crippen molar-refractivity contribution in [1.82, 2.24) is 10.2 Å². The fourth-order valence-corrected chi connectivity index (χ4v) is 4.32. The Morgan fingerprint density at radius 1 is 0.906 bits per heavy atom. The number of nitrogens with zero attached hydrogens (tertiary/aromatic N) is 2. The molecule has 3 aliphatic heterocycles. The first-order valence-corrected chi connectivity index (χ1v) is 12.2. The summed E-state index contributed by atoms with van der Waals surface area (Å²) in [4.78, 5) is 6.99. The number of amidine groups is 1. The number of benzene rings is 2. The van der Waals surface area contributed by atoms with Gasteiger partial charge in [0.1, 0.15) is 11.9 Å². The highest BCUT2D eigenvalue weighted by molar-refractivity contribution is 5.76. The van der Waals surface area contributed by atoms with Crippen LogP contribution in [0.5, 0.6) is 0 Å². The largest absolute Gasteiger partial charge is 0.460 e. The minimum absolute atomic E-state index is 0.178. The van der Waals surface area contributed by atoms with Gasteiger partial charge < -0.3 is 15.0 Å². The van der Waals surface area contributed by atoms with Crippen LogP contribution in [0.25, 0.3) is 0 Å². The third-order valence-corrected chi connectivity index (χ3v) is 6.66. The maximum atomic E-state index is 11.9. The second kappa shape index (κ2) is 12.0. The van der Waals surface area contributed by atoms with Crippen LogP contribution in [0, 0.1) is 11.7 Å². The van der Waals surface area contributed by atoms with Gasteiger partial charge in [0.15, 0.2) is 0 Å². The van der Waals surface area contributed by atoms with Gasteiger partial charge >= 0.3 is 0 Å². The van der Waals surface area contributed by atoms with E-state index < -0.39 is 0 Å². The molecule has 5 heteroatoms. The molecule has 1 saturated heterocycles. The van der Waals surface area contributed by atoms with Crippen molar-refractivity contribution >= 4 is 6.02 Å². The quantitative estimate of drug-likeness (QED) is 0.667. The molecule has 6 rings (SSSR count). The Morgan fingerprint density at radius 3 is 2.25 bits per heavy atom. The van der Waals surface area contributed by atoms with E-state index in [9.17, 15) is 4.39 Å².